The van der Waals surface area contributed by atoms with Gasteiger partial charge in [-0.2, -0.15) is 0 Å². The van der Waals surface area contributed by atoms with Crippen molar-refractivity contribution in [2.45, 2.75) is 0 Å². The van der Waals surface area contributed by atoms with Gasteiger partial charge in [-0.05, 0) is 90.0 Å². The molecule has 4 heterocycles. The third-order valence-corrected chi connectivity index (χ3v) is 12.7. The molecule has 0 N–H and O–H groups in total. The van der Waals surface area contributed by atoms with Crippen LogP contribution in [0.15, 0.2) is 231 Å². The van der Waals surface area contributed by atoms with E-state index in [0.717, 1.165) is 50.3 Å². The highest BCUT2D eigenvalue weighted by molar-refractivity contribution is 6.19. The zero-order valence-corrected chi connectivity index (χ0v) is 35.1. The largest absolute Gasteiger partial charge is 0.316 e. The normalized spacial score (nSPS) is 11.7. The van der Waals surface area contributed by atoms with Gasteiger partial charge in [-0.3, -0.25) is 0 Å². The fourth-order valence-electron chi connectivity index (χ4n) is 9.77. The zero-order valence-electron chi connectivity index (χ0n) is 35.1. The Hall–Kier alpha value is -8.87. The van der Waals surface area contributed by atoms with E-state index < -0.39 is 0 Å². The van der Waals surface area contributed by atoms with Gasteiger partial charge in [0.15, 0.2) is 17.5 Å². The van der Waals surface area contributed by atoms with Gasteiger partial charge in [-0.15, -0.1) is 0 Å². The first-order chi connectivity index (χ1) is 32.2. The quantitative estimate of drug-likeness (QED) is 0.161. The molecule has 6 nitrogen and oxygen atoms in total. The molecule has 6 heteroatoms. The van der Waals surface area contributed by atoms with E-state index in [0.29, 0.717) is 17.5 Å². The summed E-state index contributed by atoms with van der Waals surface area (Å²) in [5.41, 5.74) is 14.3. The smallest absolute Gasteiger partial charge is 0.164 e. The van der Waals surface area contributed by atoms with E-state index in [2.05, 4.69) is 184 Å². The van der Waals surface area contributed by atoms with Gasteiger partial charge in [0.05, 0.1) is 33.3 Å². The Labute approximate surface area is 374 Å². The minimum absolute atomic E-state index is 0.626. The molecule has 13 rings (SSSR count). The predicted molar refractivity (Wildman–Crippen MR) is 267 cm³/mol. The van der Waals surface area contributed by atoms with Crippen molar-refractivity contribution in [1.29, 1.82) is 0 Å². The number of benzene rings is 9. The molecule has 9 aromatic carbocycles. The van der Waals surface area contributed by atoms with Crippen molar-refractivity contribution in [1.82, 2.24) is 28.7 Å². The lowest BCUT2D eigenvalue weighted by molar-refractivity contribution is 1.07. The number of para-hydroxylation sites is 2. The molecular formula is C59H38N6. The fourth-order valence-corrected chi connectivity index (χ4v) is 9.77. The van der Waals surface area contributed by atoms with E-state index >= 15 is 0 Å². The molecule has 0 aliphatic carbocycles. The standard InChI is InChI=1S/C59H38N6/c1-5-16-39(17-6-1)43-30-34-52-49(38-43)55-53(63-37-36-48-50(63)35-33-47-46-24-13-14-25-51(46)65(56(47)48)44-22-11-4-12-23-44)26-15-27-54(55)64(52)45-31-28-42(29-32-45)59-61-57(40-18-7-2-8-19-40)60-58(62-59)41-20-9-3-10-21-41/h1-38H. The second kappa shape index (κ2) is 14.9. The maximum absolute atomic E-state index is 5.02. The predicted octanol–water partition coefficient (Wildman–Crippen LogP) is 14.7. The Morgan fingerprint density at radius 1 is 0.292 bits per heavy atom. The van der Waals surface area contributed by atoms with Crippen molar-refractivity contribution >= 4 is 54.5 Å². The molecule has 0 amide bonds. The molecule has 4 aromatic heterocycles. The number of nitrogens with zero attached hydrogens (tertiary/aromatic N) is 6. The third kappa shape index (κ3) is 5.99. The summed E-state index contributed by atoms with van der Waals surface area (Å²) in [6.45, 7) is 0. The lowest BCUT2D eigenvalue weighted by Gasteiger charge is -2.12. The SMILES string of the molecule is c1ccc(-c2ccc3c(c2)c2c(-n4ccc5c4ccc4c6ccccc6n(-c6ccccc6)c45)cccc2n3-c2ccc(-c3nc(-c4ccccc4)nc(-c4ccccc4)n3)cc2)cc1. The molecule has 0 atom stereocenters. The van der Waals surface area contributed by atoms with Crippen LogP contribution in [0.1, 0.15) is 0 Å². The molecule has 0 aliphatic heterocycles. The van der Waals surface area contributed by atoms with Crippen molar-refractivity contribution < 1.29 is 0 Å². The number of fused-ring (bicyclic) bond motifs is 8. The Balaban J connectivity index is 1.01. The van der Waals surface area contributed by atoms with Crippen LogP contribution in [0.5, 0.6) is 0 Å². The Kier molecular flexibility index (Phi) is 8.42. The maximum atomic E-state index is 5.02. The van der Waals surface area contributed by atoms with Gasteiger partial charge in [0.1, 0.15) is 0 Å². The Morgan fingerprint density at radius 2 is 0.815 bits per heavy atom. The van der Waals surface area contributed by atoms with Crippen LogP contribution in [-0.2, 0) is 0 Å². The van der Waals surface area contributed by atoms with E-state index in [9.17, 15) is 0 Å². The Bertz CT molecular complexity index is 3850. The molecule has 0 spiro atoms. The van der Waals surface area contributed by atoms with E-state index in [4.69, 9.17) is 15.0 Å². The number of hydrogen-bond acceptors (Lipinski definition) is 3. The van der Waals surface area contributed by atoms with Gasteiger partial charge in [0, 0.05) is 61.2 Å². The summed E-state index contributed by atoms with van der Waals surface area (Å²) in [6.07, 6.45) is 2.24. The Morgan fingerprint density at radius 3 is 1.49 bits per heavy atom. The lowest BCUT2D eigenvalue weighted by Crippen LogP contribution is -2.00. The number of aromatic nitrogens is 6. The monoisotopic (exact) mass is 830 g/mol. The number of hydrogen-bond donors (Lipinski definition) is 0. The van der Waals surface area contributed by atoms with Crippen molar-refractivity contribution in [3.05, 3.63) is 231 Å². The molecule has 0 bridgehead atoms. The van der Waals surface area contributed by atoms with Gasteiger partial charge in [-0.1, -0.05) is 146 Å². The van der Waals surface area contributed by atoms with Gasteiger partial charge in [0.2, 0.25) is 0 Å². The first-order valence-electron chi connectivity index (χ1n) is 21.9. The summed E-state index contributed by atoms with van der Waals surface area (Å²) in [6, 6.07) is 79.4. The van der Waals surface area contributed by atoms with Gasteiger partial charge < -0.3 is 13.7 Å². The van der Waals surface area contributed by atoms with Crippen LogP contribution in [0.25, 0.3) is 117 Å². The minimum Gasteiger partial charge on any atom is -0.316 e. The van der Waals surface area contributed by atoms with Crippen LogP contribution >= 0.6 is 0 Å². The van der Waals surface area contributed by atoms with Crippen molar-refractivity contribution in [2.24, 2.45) is 0 Å². The van der Waals surface area contributed by atoms with Crippen LogP contribution in [0.3, 0.4) is 0 Å². The third-order valence-electron chi connectivity index (χ3n) is 12.7. The second-order valence-corrected chi connectivity index (χ2v) is 16.5. The van der Waals surface area contributed by atoms with Crippen LogP contribution in [0, 0.1) is 0 Å². The van der Waals surface area contributed by atoms with E-state index in [-0.39, 0.29) is 0 Å². The highest BCUT2D eigenvalue weighted by atomic mass is 15.0. The van der Waals surface area contributed by atoms with Crippen LogP contribution < -0.4 is 0 Å². The van der Waals surface area contributed by atoms with Crippen molar-refractivity contribution in [2.75, 3.05) is 0 Å². The first-order valence-corrected chi connectivity index (χ1v) is 21.9. The average Bonchev–Trinajstić information content (AvgIpc) is 4.08. The molecule has 0 saturated carbocycles. The van der Waals surface area contributed by atoms with E-state index in [1.807, 2.05) is 60.7 Å². The fraction of sp³-hybridized carbons (Fsp3) is 0. The average molecular weight is 831 g/mol. The van der Waals surface area contributed by atoms with E-state index in [1.54, 1.807) is 0 Å². The van der Waals surface area contributed by atoms with Crippen LogP contribution in [-0.4, -0.2) is 28.7 Å². The van der Waals surface area contributed by atoms with Gasteiger partial charge in [0.25, 0.3) is 0 Å². The minimum atomic E-state index is 0.626. The number of rotatable bonds is 7. The topological polar surface area (TPSA) is 53.5 Å². The molecule has 65 heavy (non-hydrogen) atoms. The highest BCUT2D eigenvalue weighted by Gasteiger charge is 2.21. The maximum Gasteiger partial charge on any atom is 0.164 e. The molecular weight excluding hydrogens is 793 g/mol. The summed E-state index contributed by atoms with van der Waals surface area (Å²) < 4.78 is 7.19. The summed E-state index contributed by atoms with van der Waals surface area (Å²) in [5.74, 6) is 1.91. The van der Waals surface area contributed by atoms with Crippen molar-refractivity contribution in [3.8, 4) is 62.4 Å². The molecule has 304 valence electrons. The molecule has 13 aromatic rings. The van der Waals surface area contributed by atoms with Gasteiger partial charge >= 0.3 is 0 Å². The lowest BCUT2D eigenvalue weighted by atomic mass is 10.0. The summed E-state index contributed by atoms with van der Waals surface area (Å²) >= 11 is 0. The van der Waals surface area contributed by atoms with Crippen LogP contribution in [0.4, 0.5) is 0 Å². The highest BCUT2D eigenvalue weighted by Crippen LogP contribution is 2.42. The van der Waals surface area contributed by atoms with Crippen LogP contribution in [0.2, 0.25) is 0 Å². The molecule has 0 aliphatic rings. The van der Waals surface area contributed by atoms with E-state index in [1.165, 1.54) is 49.1 Å². The van der Waals surface area contributed by atoms with Crippen molar-refractivity contribution in [3.63, 3.8) is 0 Å². The zero-order chi connectivity index (χ0) is 42.8. The van der Waals surface area contributed by atoms with Gasteiger partial charge in [-0.25, -0.2) is 15.0 Å². The second-order valence-electron chi connectivity index (χ2n) is 16.5. The molecule has 0 saturated heterocycles. The summed E-state index contributed by atoms with van der Waals surface area (Å²) in [5, 5.41) is 6.05. The molecule has 0 unspecified atom stereocenters. The molecule has 0 fully saturated rings. The summed E-state index contributed by atoms with van der Waals surface area (Å²) in [4.78, 5) is 14.9. The molecule has 0 radical (unpaired) electrons. The summed E-state index contributed by atoms with van der Waals surface area (Å²) in [7, 11) is 0. The first kappa shape index (κ1) is 36.8.